The van der Waals surface area contributed by atoms with Gasteiger partial charge in [-0.05, 0) is 31.2 Å². The average molecular weight is 447 g/mol. The topological polar surface area (TPSA) is 62.5 Å². The van der Waals surface area contributed by atoms with Crippen molar-refractivity contribution in [2.75, 3.05) is 5.32 Å². The van der Waals surface area contributed by atoms with Crippen LogP contribution in [-0.2, 0) is 6.32 Å². The normalized spacial score (nSPS) is 23.0. The van der Waals surface area contributed by atoms with Crippen molar-refractivity contribution in [2.24, 2.45) is 9.98 Å². The number of nitrogens with one attached hydrogen (secondary N) is 1. The summed E-state index contributed by atoms with van der Waals surface area (Å²) < 4.78 is 0. The van der Waals surface area contributed by atoms with Crippen molar-refractivity contribution in [3.05, 3.63) is 83.2 Å². The summed E-state index contributed by atoms with van der Waals surface area (Å²) in [5.74, 6) is 4.78. The zero-order chi connectivity index (χ0) is 22.9. The van der Waals surface area contributed by atoms with E-state index in [4.69, 9.17) is 15.0 Å². The molecule has 0 unspecified atom stereocenters. The summed E-state index contributed by atoms with van der Waals surface area (Å²) in [7, 11) is 0. The van der Waals surface area contributed by atoms with E-state index in [0.29, 0.717) is 5.84 Å². The third kappa shape index (κ3) is 4.29. The van der Waals surface area contributed by atoms with Crippen molar-refractivity contribution in [1.82, 2.24) is 9.97 Å². The lowest BCUT2D eigenvalue weighted by Crippen LogP contribution is -2.36. The minimum Gasteiger partial charge on any atom is -0.324 e. The van der Waals surface area contributed by atoms with Gasteiger partial charge in [0, 0.05) is 22.5 Å². The molecule has 1 N–H and O–H groups in total. The molecule has 1 radical (unpaired) electrons. The van der Waals surface area contributed by atoms with Gasteiger partial charge in [-0.25, -0.2) is 20.0 Å². The SMILES string of the molecule is Cc1cccc(NC2=N/C(=N\c3cccc(C[B-]4C5CCCC4CCC5)n3)c3ccccc32)n1. The molecule has 5 nitrogen and oxygen atoms in total. The van der Waals surface area contributed by atoms with E-state index in [0.717, 1.165) is 59.0 Å². The lowest BCUT2D eigenvalue weighted by molar-refractivity contribution is 0.441. The standard InChI is InChI=1S/C28H30BN5/c1-19-8-4-16-25(30-19)32-27-23-14-2-3-15-24(23)28(34-27)33-26-17-7-13-22(31-26)18-29-20-9-5-10-21(29)12-6-11-20/h2-4,7-8,13-17,20-21H,5-6,9-12,18H2,1H3,(H,30,31,32,33,34)/q-1. The van der Waals surface area contributed by atoms with Crippen molar-refractivity contribution < 1.29 is 0 Å². The quantitative estimate of drug-likeness (QED) is 0.470. The highest BCUT2D eigenvalue weighted by Crippen LogP contribution is 2.47. The minimum absolute atomic E-state index is 0.699. The van der Waals surface area contributed by atoms with Crippen LogP contribution in [-0.4, -0.2) is 28.4 Å². The first kappa shape index (κ1) is 21.3. The van der Waals surface area contributed by atoms with Gasteiger partial charge in [-0.1, -0.05) is 74.9 Å². The largest absolute Gasteiger partial charge is 0.324 e. The van der Waals surface area contributed by atoms with E-state index in [1.54, 1.807) is 0 Å². The van der Waals surface area contributed by atoms with Crippen LogP contribution in [0.4, 0.5) is 11.6 Å². The van der Waals surface area contributed by atoms with Crippen LogP contribution in [0, 0.1) is 6.92 Å². The van der Waals surface area contributed by atoms with Gasteiger partial charge in [0.1, 0.15) is 11.7 Å². The van der Waals surface area contributed by atoms with E-state index in [2.05, 4.69) is 34.6 Å². The molecule has 5 heterocycles. The summed E-state index contributed by atoms with van der Waals surface area (Å²) in [5.41, 5.74) is 4.19. The molecule has 0 saturated carbocycles. The number of fused-ring (bicyclic) bond motifs is 3. The van der Waals surface area contributed by atoms with Crippen LogP contribution in [0.25, 0.3) is 0 Å². The molecule has 3 aliphatic rings. The van der Waals surface area contributed by atoms with Crippen LogP contribution in [0.2, 0.25) is 11.6 Å². The number of aromatic nitrogens is 2. The summed E-state index contributed by atoms with van der Waals surface area (Å²) >= 11 is 0. The molecular weight excluding hydrogens is 417 g/mol. The fourth-order valence-corrected chi connectivity index (χ4v) is 6.17. The second kappa shape index (κ2) is 9.17. The summed E-state index contributed by atoms with van der Waals surface area (Å²) in [6, 6.07) is 20.4. The van der Waals surface area contributed by atoms with E-state index in [-0.39, 0.29) is 0 Å². The highest BCUT2D eigenvalue weighted by Gasteiger charge is 2.27. The van der Waals surface area contributed by atoms with E-state index in [1.165, 1.54) is 44.2 Å². The number of hydrogen-bond donors (Lipinski definition) is 1. The Morgan fingerprint density at radius 3 is 2.35 bits per heavy atom. The number of benzene rings is 1. The van der Waals surface area contributed by atoms with Gasteiger partial charge in [-0.3, -0.25) is 0 Å². The van der Waals surface area contributed by atoms with Gasteiger partial charge in [0.05, 0.1) is 0 Å². The summed E-state index contributed by atoms with van der Waals surface area (Å²) in [6.07, 6.45) is 9.53. The van der Waals surface area contributed by atoms with Gasteiger partial charge in [0.2, 0.25) is 0 Å². The van der Waals surface area contributed by atoms with Gasteiger partial charge >= 0.3 is 0 Å². The van der Waals surface area contributed by atoms with Crippen molar-refractivity contribution in [3.63, 3.8) is 0 Å². The summed E-state index contributed by atoms with van der Waals surface area (Å²) in [6.45, 7) is 2.78. The van der Waals surface area contributed by atoms with Gasteiger partial charge in [0.15, 0.2) is 11.7 Å². The van der Waals surface area contributed by atoms with Crippen LogP contribution in [0.3, 0.4) is 0 Å². The number of aliphatic imine (C=N–C) groups is 2. The molecule has 6 rings (SSSR count). The average Bonchev–Trinajstić information content (AvgIpc) is 3.16. The fraction of sp³-hybridized carbons (Fsp3) is 0.357. The molecule has 2 bridgehead atoms. The third-order valence-electron chi connectivity index (χ3n) is 7.74. The van der Waals surface area contributed by atoms with E-state index >= 15 is 0 Å². The highest BCUT2D eigenvalue weighted by molar-refractivity contribution is 6.62. The van der Waals surface area contributed by atoms with Crippen molar-refractivity contribution in [2.45, 2.75) is 63.4 Å². The van der Waals surface area contributed by atoms with Gasteiger partial charge in [-0.2, -0.15) is 18.0 Å². The Hall–Kier alpha value is -3.28. The maximum absolute atomic E-state index is 4.96. The molecular formula is C28H30BN5-. The Labute approximate surface area is 202 Å². The number of hydrogen-bond acceptors (Lipinski definition) is 4. The Morgan fingerprint density at radius 1 is 0.853 bits per heavy atom. The molecule has 0 amide bonds. The molecule has 3 aromatic rings. The predicted molar refractivity (Wildman–Crippen MR) is 141 cm³/mol. The minimum atomic E-state index is 0.699. The molecule has 0 atom stereocenters. The molecule has 6 heteroatoms. The van der Waals surface area contributed by atoms with Gasteiger partial charge in [0.25, 0.3) is 0 Å². The second-order valence-corrected chi connectivity index (χ2v) is 9.97. The Bertz CT molecular complexity index is 1240. The number of nitrogens with zero attached hydrogens (tertiary/aromatic N) is 4. The Morgan fingerprint density at radius 2 is 1.59 bits per heavy atom. The molecule has 2 saturated heterocycles. The van der Waals surface area contributed by atoms with Crippen LogP contribution in [0.1, 0.15) is 61.0 Å². The van der Waals surface area contributed by atoms with E-state index < -0.39 is 0 Å². The molecule has 2 fully saturated rings. The summed E-state index contributed by atoms with van der Waals surface area (Å²) in [4.78, 5) is 19.3. The lowest BCUT2D eigenvalue weighted by Gasteiger charge is -2.51. The van der Waals surface area contributed by atoms with Crippen molar-refractivity contribution in [3.8, 4) is 0 Å². The number of rotatable bonds is 4. The van der Waals surface area contributed by atoms with E-state index in [9.17, 15) is 0 Å². The van der Waals surface area contributed by atoms with Crippen molar-refractivity contribution >= 4 is 30.0 Å². The molecule has 0 spiro atoms. The molecule has 34 heavy (non-hydrogen) atoms. The van der Waals surface area contributed by atoms with Gasteiger partial charge < -0.3 is 5.32 Å². The first-order valence-electron chi connectivity index (χ1n) is 12.7. The monoisotopic (exact) mass is 447 g/mol. The van der Waals surface area contributed by atoms with Crippen LogP contribution in [0.5, 0.6) is 0 Å². The number of pyridine rings is 2. The first-order chi connectivity index (χ1) is 16.7. The lowest BCUT2D eigenvalue weighted by atomic mass is 9.26. The third-order valence-corrected chi connectivity index (χ3v) is 7.74. The Balaban J connectivity index is 1.27. The summed E-state index contributed by atoms with van der Waals surface area (Å²) in [5, 5.41) is 3.38. The molecule has 1 aromatic carbocycles. The predicted octanol–water partition coefficient (Wildman–Crippen LogP) is 6.42. The maximum atomic E-state index is 4.96. The Kier molecular flexibility index (Phi) is 5.74. The van der Waals surface area contributed by atoms with E-state index in [1.807, 2.05) is 43.3 Å². The van der Waals surface area contributed by atoms with Crippen LogP contribution < -0.4 is 5.32 Å². The molecule has 0 aliphatic carbocycles. The molecule has 3 aliphatic heterocycles. The number of aryl methyl sites for hydroxylation is 1. The zero-order valence-corrected chi connectivity index (χ0v) is 19.7. The maximum Gasteiger partial charge on any atom is 0.164 e. The second-order valence-electron chi connectivity index (χ2n) is 9.97. The highest BCUT2D eigenvalue weighted by atomic mass is 15.1. The van der Waals surface area contributed by atoms with Crippen LogP contribution >= 0.6 is 0 Å². The van der Waals surface area contributed by atoms with Gasteiger partial charge in [-0.15, -0.1) is 6.71 Å². The fourth-order valence-electron chi connectivity index (χ4n) is 6.17. The smallest absolute Gasteiger partial charge is 0.164 e. The van der Waals surface area contributed by atoms with Crippen molar-refractivity contribution in [1.29, 1.82) is 0 Å². The van der Waals surface area contributed by atoms with Crippen LogP contribution in [0.15, 0.2) is 70.6 Å². The molecule has 171 valence electrons. The zero-order valence-electron chi connectivity index (χ0n) is 19.7. The number of amidine groups is 2. The first-order valence-corrected chi connectivity index (χ1v) is 12.7. The number of anilines is 1. The molecule has 2 aromatic heterocycles.